The molecule has 0 saturated carbocycles. The maximum absolute atomic E-state index is 3.91. The SMILES string of the molecule is C=CC[N+](CC=C)(CC=C)CC=CC[N+](CC=C)(CC=C)CC=C.[Br-].[Br-]. The Hall–Kier alpha value is -0.940. The van der Waals surface area contributed by atoms with Crippen molar-refractivity contribution in [1.29, 1.82) is 0 Å². The van der Waals surface area contributed by atoms with Crippen LogP contribution in [-0.4, -0.2) is 61.3 Å². The van der Waals surface area contributed by atoms with E-state index >= 15 is 0 Å². The largest absolute Gasteiger partial charge is 1.00 e. The molecule has 0 aromatic heterocycles. The highest BCUT2D eigenvalue weighted by molar-refractivity contribution is 4.88. The van der Waals surface area contributed by atoms with E-state index in [-0.39, 0.29) is 34.0 Å². The van der Waals surface area contributed by atoms with Crippen LogP contribution in [0.3, 0.4) is 0 Å². The molecule has 0 aromatic rings. The molecule has 2 nitrogen and oxygen atoms in total. The Morgan fingerprint density at radius 3 is 0.731 bits per heavy atom. The molecule has 26 heavy (non-hydrogen) atoms. The van der Waals surface area contributed by atoms with Gasteiger partial charge >= 0.3 is 0 Å². The molecular formula is C22H36Br2N2. The van der Waals surface area contributed by atoms with Crippen LogP contribution >= 0.6 is 0 Å². The van der Waals surface area contributed by atoms with Crippen LogP contribution in [0.4, 0.5) is 0 Å². The fraction of sp³-hybridized carbons (Fsp3) is 0.364. The number of quaternary nitrogens is 2. The first-order chi connectivity index (χ1) is 11.6. The highest BCUT2D eigenvalue weighted by Crippen LogP contribution is 2.11. The van der Waals surface area contributed by atoms with Crippen molar-refractivity contribution >= 4 is 0 Å². The van der Waals surface area contributed by atoms with Gasteiger partial charge in [0.25, 0.3) is 0 Å². The van der Waals surface area contributed by atoms with Crippen LogP contribution < -0.4 is 34.0 Å². The van der Waals surface area contributed by atoms with E-state index in [1.807, 2.05) is 36.5 Å². The molecule has 0 aliphatic heterocycles. The molecule has 0 rings (SSSR count). The van der Waals surface area contributed by atoms with Gasteiger partial charge in [-0.1, -0.05) is 39.5 Å². The maximum Gasteiger partial charge on any atom is 0.0983 e. The summed E-state index contributed by atoms with van der Waals surface area (Å²) in [4.78, 5) is 0. The lowest BCUT2D eigenvalue weighted by Crippen LogP contribution is -3.00. The van der Waals surface area contributed by atoms with Gasteiger partial charge in [-0.05, 0) is 48.6 Å². The van der Waals surface area contributed by atoms with Crippen molar-refractivity contribution in [1.82, 2.24) is 0 Å². The van der Waals surface area contributed by atoms with Crippen molar-refractivity contribution < 1.29 is 42.9 Å². The lowest BCUT2D eigenvalue weighted by molar-refractivity contribution is -0.908. The highest BCUT2D eigenvalue weighted by atomic mass is 79.9. The molecule has 0 aliphatic carbocycles. The number of hydrogen-bond donors (Lipinski definition) is 0. The van der Waals surface area contributed by atoms with Gasteiger partial charge in [-0.2, -0.15) is 0 Å². The summed E-state index contributed by atoms with van der Waals surface area (Å²) in [6.07, 6.45) is 16.4. The molecule has 0 fully saturated rings. The second-order valence-corrected chi connectivity index (χ2v) is 6.35. The Morgan fingerprint density at radius 2 is 0.577 bits per heavy atom. The molecule has 0 N–H and O–H groups in total. The van der Waals surface area contributed by atoms with Crippen molar-refractivity contribution in [3.8, 4) is 0 Å². The van der Waals surface area contributed by atoms with Gasteiger partial charge < -0.3 is 42.9 Å². The lowest BCUT2D eigenvalue weighted by Gasteiger charge is -2.36. The van der Waals surface area contributed by atoms with Crippen LogP contribution in [0, 0.1) is 0 Å². The Morgan fingerprint density at radius 1 is 0.385 bits per heavy atom. The first-order valence-electron chi connectivity index (χ1n) is 8.58. The zero-order valence-corrected chi connectivity index (χ0v) is 19.3. The summed E-state index contributed by atoms with van der Waals surface area (Å²) in [5.41, 5.74) is 0. The molecule has 0 unspecified atom stereocenters. The minimum absolute atomic E-state index is 0. The van der Waals surface area contributed by atoms with Crippen LogP contribution in [0.15, 0.2) is 88.1 Å². The van der Waals surface area contributed by atoms with Crippen molar-refractivity contribution in [2.45, 2.75) is 0 Å². The van der Waals surface area contributed by atoms with Gasteiger partial charge in [-0.15, -0.1) is 0 Å². The summed E-state index contributed by atoms with van der Waals surface area (Å²) < 4.78 is 1.77. The Labute approximate surface area is 183 Å². The van der Waals surface area contributed by atoms with E-state index in [4.69, 9.17) is 0 Å². The standard InChI is InChI=1S/C22H36N2.2BrH/c1-7-15-23(16-8-2,17-9-3)21-13-14-22-24(18-10-4,19-11-5)20-12-6;;/h7-14H,1-6,15-22H2;2*1H/q+2;;/p-2. The molecule has 0 spiro atoms. The van der Waals surface area contributed by atoms with Crippen LogP contribution in [0.1, 0.15) is 0 Å². The third-order valence-corrected chi connectivity index (χ3v) is 4.25. The first-order valence-corrected chi connectivity index (χ1v) is 8.58. The molecule has 0 atom stereocenters. The van der Waals surface area contributed by atoms with Crippen molar-refractivity contribution in [3.63, 3.8) is 0 Å². The summed E-state index contributed by atoms with van der Waals surface area (Å²) in [7, 11) is 0. The molecule has 0 aliphatic rings. The second-order valence-electron chi connectivity index (χ2n) is 6.35. The van der Waals surface area contributed by atoms with E-state index in [9.17, 15) is 0 Å². The third kappa shape index (κ3) is 10.9. The quantitative estimate of drug-likeness (QED) is 0.180. The highest BCUT2D eigenvalue weighted by Gasteiger charge is 2.23. The summed E-state index contributed by atoms with van der Waals surface area (Å²) in [6.45, 7) is 30.8. The van der Waals surface area contributed by atoms with E-state index in [2.05, 4.69) is 51.6 Å². The topological polar surface area (TPSA) is 0 Å². The average Bonchev–Trinajstić information content (AvgIpc) is 2.53. The predicted molar refractivity (Wildman–Crippen MR) is 110 cm³/mol. The van der Waals surface area contributed by atoms with Gasteiger partial charge in [0.15, 0.2) is 0 Å². The molecule has 0 saturated heterocycles. The van der Waals surface area contributed by atoms with E-state index in [1.54, 1.807) is 0 Å². The summed E-state index contributed by atoms with van der Waals surface area (Å²) >= 11 is 0. The molecule has 0 radical (unpaired) electrons. The molecule has 0 heterocycles. The predicted octanol–water partition coefficient (Wildman–Crippen LogP) is -1.70. The van der Waals surface area contributed by atoms with Gasteiger partial charge in [0.05, 0.1) is 52.4 Å². The number of hydrogen-bond acceptors (Lipinski definition) is 0. The van der Waals surface area contributed by atoms with Gasteiger partial charge in [0.1, 0.15) is 0 Å². The van der Waals surface area contributed by atoms with Gasteiger partial charge in [-0.3, -0.25) is 0 Å². The minimum Gasteiger partial charge on any atom is -1.00 e. The van der Waals surface area contributed by atoms with Crippen molar-refractivity contribution in [3.05, 3.63) is 88.1 Å². The van der Waals surface area contributed by atoms with E-state index in [0.29, 0.717) is 0 Å². The summed E-state index contributed by atoms with van der Waals surface area (Å²) in [5, 5.41) is 0. The number of nitrogens with zero attached hydrogens (tertiary/aromatic N) is 2. The van der Waals surface area contributed by atoms with Crippen LogP contribution in [0.2, 0.25) is 0 Å². The zero-order valence-electron chi connectivity index (χ0n) is 16.2. The Balaban J connectivity index is -0.00000264. The molecule has 148 valence electrons. The van der Waals surface area contributed by atoms with E-state index < -0.39 is 0 Å². The summed E-state index contributed by atoms with van der Waals surface area (Å²) in [6, 6.07) is 0. The average molecular weight is 488 g/mol. The van der Waals surface area contributed by atoms with E-state index in [1.165, 1.54) is 0 Å². The number of halogens is 2. The number of rotatable bonds is 16. The fourth-order valence-electron chi connectivity index (χ4n) is 3.13. The smallest absolute Gasteiger partial charge is 0.0983 e. The molecule has 0 amide bonds. The second kappa shape index (κ2) is 17.5. The zero-order chi connectivity index (χ0) is 18.3. The van der Waals surface area contributed by atoms with Crippen LogP contribution in [-0.2, 0) is 0 Å². The molecular weight excluding hydrogens is 452 g/mol. The minimum atomic E-state index is 0. The fourth-order valence-corrected chi connectivity index (χ4v) is 3.13. The Bertz CT molecular complexity index is 372. The summed E-state index contributed by atoms with van der Waals surface area (Å²) in [5.74, 6) is 0. The van der Waals surface area contributed by atoms with Crippen LogP contribution in [0.5, 0.6) is 0 Å². The lowest BCUT2D eigenvalue weighted by atomic mass is 10.2. The Kier molecular flexibility index (Phi) is 20.0. The third-order valence-electron chi connectivity index (χ3n) is 4.25. The van der Waals surface area contributed by atoms with E-state index in [0.717, 1.165) is 61.3 Å². The van der Waals surface area contributed by atoms with Gasteiger partial charge in [0, 0.05) is 0 Å². The normalized spacial score (nSPS) is 10.9. The molecule has 0 aromatic carbocycles. The molecule has 4 heteroatoms. The van der Waals surface area contributed by atoms with Gasteiger partial charge in [-0.25, -0.2) is 0 Å². The molecule has 0 bridgehead atoms. The van der Waals surface area contributed by atoms with Crippen molar-refractivity contribution in [2.75, 3.05) is 52.4 Å². The van der Waals surface area contributed by atoms with Crippen molar-refractivity contribution in [2.24, 2.45) is 0 Å². The van der Waals surface area contributed by atoms with Gasteiger partial charge in [0.2, 0.25) is 0 Å². The monoisotopic (exact) mass is 486 g/mol. The maximum atomic E-state index is 3.91. The van der Waals surface area contributed by atoms with Crippen LogP contribution in [0.25, 0.3) is 0 Å². The first kappa shape index (κ1) is 29.8.